The van der Waals surface area contributed by atoms with Crippen LogP contribution in [-0.2, 0) is 19.4 Å². The molecular weight excluding hydrogens is 452 g/mol. The summed E-state index contributed by atoms with van der Waals surface area (Å²) in [7, 11) is -1.50. The molecule has 0 aliphatic carbocycles. The van der Waals surface area contributed by atoms with Crippen LogP contribution < -0.4 is 4.74 Å². The molecule has 182 valence electrons. The Balaban J connectivity index is 1.38. The molecule has 8 heteroatoms. The lowest BCUT2D eigenvalue weighted by molar-refractivity contribution is -0.138. The van der Waals surface area contributed by atoms with Gasteiger partial charge in [-0.2, -0.15) is 0 Å². The minimum Gasteiger partial charge on any atom is -0.493 e. The molecule has 3 rings (SSSR count). The minimum absolute atomic E-state index is 0.0276. The minimum atomic E-state index is -3.28. The second-order valence-corrected chi connectivity index (χ2v) is 10.6. The Morgan fingerprint density at radius 1 is 1.09 bits per heavy atom. The summed E-state index contributed by atoms with van der Waals surface area (Å²) in [5, 5.41) is 0. The van der Waals surface area contributed by atoms with Crippen LogP contribution >= 0.6 is 0 Å². The van der Waals surface area contributed by atoms with Gasteiger partial charge in [-0.25, -0.2) is 8.42 Å². The van der Waals surface area contributed by atoms with Crippen molar-refractivity contribution >= 4 is 27.7 Å². The van der Waals surface area contributed by atoms with Crippen molar-refractivity contribution in [3.8, 4) is 5.75 Å². The third-order valence-corrected chi connectivity index (χ3v) is 7.00. The molecule has 0 radical (unpaired) electrons. The number of amides is 2. The average Bonchev–Trinajstić information content (AvgIpc) is 2.85. The zero-order chi connectivity index (χ0) is 24.6. The van der Waals surface area contributed by atoms with Gasteiger partial charge in [0.05, 0.1) is 11.5 Å². The summed E-state index contributed by atoms with van der Waals surface area (Å²) in [6.45, 7) is 2.07. The van der Waals surface area contributed by atoms with E-state index < -0.39 is 9.84 Å². The summed E-state index contributed by atoms with van der Waals surface area (Å²) in [4.78, 5) is 29.0. The van der Waals surface area contributed by atoms with Crippen molar-refractivity contribution in [2.75, 3.05) is 39.5 Å². The van der Waals surface area contributed by atoms with Crippen LogP contribution in [0.2, 0.25) is 0 Å². The molecule has 2 aromatic rings. The molecule has 0 atom stereocenters. The Kier molecular flexibility index (Phi) is 8.87. The third-order valence-electron chi connectivity index (χ3n) is 5.89. The summed E-state index contributed by atoms with van der Waals surface area (Å²) in [5.41, 5.74) is 0.981. The van der Waals surface area contributed by atoms with Crippen molar-refractivity contribution in [2.24, 2.45) is 5.92 Å². The van der Waals surface area contributed by atoms with Crippen LogP contribution in [0.4, 0.5) is 0 Å². The van der Waals surface area contributed by atoms with E-state index in [1.165, 1.54) is 12.1 Å². The lowest BCUT2D eigenvalue weighted by Crippen LogP contribution is -2.43. The fourth-order valence-corrected chi connectivity index (χ4v) is 4.55. The average molecular weight is 485 g/mol. The van der Waals surface area contributed by atoms with Gasteiger partial charge in [0.25, 0.3) is 0 Å². The van der Waals surface area contributed by atoms with Crippen LogP contribution in [0.5, 0.6) is 5.75 Å². The predicted molar refractivity (Wildman–Crippen MR) is 132 cm³/mol. The van der Waals surface area contributed by atoms with Gasteiger partial charge in [-0.3, -0.25) is 9.59 Å². The second-order valence-electron chi connectivity index (χ2n) is 8.55. The van der Waals surface area contributed by atoms with Gasteiger partial charge in [-0.1, -0.05) is 36.4 Å². The Labute approximate surface area is 201 Å². The van der Waals surface area contributed by atoms with Crippen LogP contribution in [0.3, 0.4) is 0 Å². The summed E-state index contributed by atoms with van der Waals surface area (Å²) in [6.07, 6.45) is 6.51. The largest absolute Gasteiger partial charge is 0.493 e. The molecule has 7 nitrogen and oxygen atoms in total. The number of piperidine rings is 1. The van der Waals surface area contributed by atoms with Crippen LogP contribution in [0.25, 0.3) is 6.08 Å². The number of hydrogen-bond donors (Lipinski definition) is 0. The van der Waals surface area contributed by atoms with Crippen molar-refractivity contribution in [3.05, 3.63) is 66.2 Å². The summed E-state index contributed by atoms with van der Waals surface area (Å²) in [6, 6.07) is 16.1. The molecule has 0 N–H and O–H groups in total. The number of ether oxygens (including phenoxy) is 1. The molecular formula is C26H32N2O5S. The molecule has 1 aliphatic rings. The first kappa shape index (κ1) is 25.5. The molecule has 0 aromatic heterocycles. The van der Waals surface area contributed by atoms with E-state index in [0.29, 0.717) is 51.3 Å². The highest BCUT2D eigenvalue weighted by atomic mass is 32.2. The number of nitrogens with zero attached hydrogens (tertiary/aromatic N) is 2. The quantitative estimate of drug-likeness (QED) is 0.403. The van der Waals surface area contributed by atoms with Gasteiger partial charge >= 0.3 is 0 Å². The number of carbonyl (C=O) groups is 2. The highest BCUT2D eigenvalue weighted by Gasteiger charge is 2.28. The van der Waals surface area contributed by atoms with Crippen molar-refractivity contribution in [1.29, 1.82) is 0 Å². The van der Waals surface area contributed by atoms with E-state index in [2.05, 4.69) is 0 Å². The molecule has 1 saturated heterocycles. The maximum Gasteiger partial charge on any atom is 0.246 e. The van der Waals surface area contributed by atoms with E-state index in [4.69, 9.17) is 4.74 Å². The molecule has 1 fully saturated rings. The molecule has 0 bridgehead atoms. The van der Waals surface area contributed by atoms with E-state index in [1.807, 2.05) is 36.4 Å². The predicted octanol–water partition coefficient (Wildman–Crippen LogP) is 3.27. The summed E-state index contributed by atoms with van der Waals surface area (Å²) in [5.74, 6) is 0.473. The molecule has 1 heterocycles. The van der Waals surface area contributed by atoms with Crippen molar-refractivity contribution in [1.82, 2.24) is 9.80 Å². The monoisotopic (exact) mass is 484 g/mol. The van der Waals surface area contributed by atoms with E-state index in [1.54, 1.807) is 35.1 Å². The van der Waals surface area contributed by atoms with Crippen molar-refractivity contribution in [2.45, 2.75) is 24.2 Å². The molecule has 0 saturated carbocycles. The molecule has 2 aromatic carbocycles. The first-order valence-corrected chi connectivity index (χ1v) is 13.3. The fraction of sp³-hybridized carbons (Fsp3) is 0.385. The molecule has 2 amide bonds. The first-order valence-electron chi connectivity index (χ1n) is 11.4. The van der Waals surface area contributed by atoms with Crippen molar-refractivity contribution < 1.29 is 22.7 Å². The Morgan fingerprint density at radius 2 is 1.79 bits per heavy atom. The highest BCUT2D eigenvalue weighted by Crippen LogP contribution is 2.20. The Bertz CT molecular complexity index is 1110. The summed E-state index contributed by atoms with van der Waals surface area (Å²) >= 11 is 0. The first-order chi connectivity index (χ1) is 16.2. The zero-order valence-electron chi connectivity index (χ0n) is 19.7. The second kappa shape index (κ2) is 11.8. The highest BCUT2D eigenvalue weighted by molar-refractivity contribution is 7.90. The Hall–Kier alpha value is -3.13. The smallest absolute Gasteiger partial charge is 0.246 e. The van der Waals surface area contributed by atoms with Crippen LogP contribution in [0.15, 0.2) is 65.6 Å². The van der Waals surface area contributed by atoms with E-state index >= 15 is 0 Å². The number of carbonyl (C=O) groups excluding carboxylic acids is 2. The van der Waals surface area contributed by atoms with E-state index in [9.17, 15) is 18.0 Å². The van der Waals surface area contributed by atoms with Crippen molar-refractivity contribution in [3.63, 3.8) is 0 Å². The number of benzene rings is 2. The lowest BCUT2D eigenvalue weighted by atomic mass is 9.95. The van der Waals surface area contributed by atoms with E-state index in [-0.39, 0.29) is 22.6 Å². The number of likely N-dealkylation sites (tertiary alicyclic amines) is 1. The maximum absolute atomic E-state index is 12.8. The molecule has 1 aliphatic heterocycles. The molecule has 0 spiro atoms. The van der Waals surface area contributed by atoms with Crippen LogP contribution in [0, 0.1) is 5.92 Å². The summed E-state index contributed by atoms with van der Waals surface area (Å²) < 4.78 is 29.0. The van der Waals surface area contributed by atoms with Gasteiger partial charge in [0.15, 0.2) is 9.84 Å². The molecule has 0 unspecified atom stereocenters. The lowest BCUT2D eigenvalue weighted by Gasteiger charge is -2.32. The van der Waals surface area contributed by atoms with E-state index in [0.717, 1.165) is 11.8 Å². The number of rotatable bonds is 9. The zero-order valence-corrected chi connectivity index (χ0v) is 20.5. The van der Waals surface area contributed by atoms with Crippen LogP contribution in [0.1, 0.15) is 24.8 Å². The molecule has 34 heavy (non-hydrogen) atoms. The maximum atomic E-state index is 12.8. The Morgan fingerprint density at radius 3 is 2.47 bits per heavy atom. The fourth-order valence-electron chi connectivity index (χ4n) is 3.89. The van der Waals surface area contributed by atoms with Gasteiger partial charge in [0, 0.05) is 44.9 Å². The van der Waals surface area contributed by atoms with Gasteiger partial charge in [0.2, 0.25) is 11.8 Å². The van der Waals surface area contributed by atoms with Gasteiger partial charge in [-0.15, -0.1) is 0 Å². The van der Waals surface area contributed by atoms with Gasteiger partial charge in [-0.05, 0) is 49.1 Å². The van der Waals surface area contributed by atoms with Gasteiger partial charge in [0.1, 0.15) is 5.75 Å². The SMILES string of the molecule is CN(CCCOc1cccc(S(C)(=O)=O)c1)C(=O)C1CCN(C(=O)/C=C/c2ccccc2)CC1. The number of hydrogen-bond acceptors (Lipinski definition) is 5. The van der Waals surface area contributed by atoms with Gasteiger partial charge < -0.3 is 14.5 Å². The number of sulfone groups is 1. The standard InChI is InChI=1S/C26H32N2O5S/c1-27(16-7-19-33-23-10-6-11-24(20-23)34(2,31)32)26(30)22-14-17-28(18-15-22)25(29)13-12-21-8-4-3-5-9-21/h3-6,8-13,20,22H,7,14-19H2,1-2H3/b13-12+. The normalized spacial score (nSPS) is 14.8. The third kappa shape index (κ3) is 7.45. The van der Waals surface area contributed by atoms with Crippen LogP contribution in [-0.4, -0.2) is 69.6 Å². The topological polar surface area (TPSA) is 84.0 Å².